The van der Waals surface area contributed by atoms with Crippen LogP contribution in [0.25, 0.3) is 0 Å². The first-order chi connectivity index (χ1) is 11.4. The molecule has 1 aliphatic rings. The van der Waals surface area contributed by atoms with Crippen molar-refractivity contribution >= 4 is 5.91 Å². The molecular formula is C16H16F3N3O2. The van der Waals surface area contributed by atoms with Crippen molar-refractivity contribution in [2.75, 3.05) is 13.1 Å². The van der Waals surface area contributed by atoms with E-state index in [1.54, 1.807) is 30.3 Å². The topological polar surface area (TPSA) is 58.4 Å². The van der Waals surface area contributed by atoms with Gasteiger partial charge in [0, 0.05) is 18.9 Å². The third kappa shape index (κ3) is 3.28. The Morgan fingerprint density at radius 3 is 2.67 bits per heavy atom. The van der Waals surface area contributed by atoms with Gasteiger partial charge < -0.3 is 14.6 Å². The summed E-state index contributed by atoms with van der Waals surface area (Å²) >= 11 is 0. The van der Waals surface area contributed by atoms with E-state index in [9.17, 15) is 23.1 Å². The second-order valence-electron chi connectivity index (χ2n) is 5.69. The second-order valence-corrected chi connectivity index (χ2v) is 5.69. The van der Waals surface area contributed by atoms with Crippen LogP contribution in [0.1, 0.15) is 30.0 Å². The summed E-state index contributed by atoms with van der Waals surface area (Å²) in [5.41, 5.74) is 0.600. The van der Waals surface area contributed by atoms with E-state index < -0.39 is 30.8 Å². The molecule has 2 heterocycles. The number of amides is 1. The van der Waals surface area contributed by atoms with Gasteiger partial charge in [0.1, 0.15) is 24.5 Å². The molecule has 2 unspecified atom stereocenters. The maximum absolute atomic E-state index is 12.5. The molecule has 1 N–H and O–H groups in total. The van der Waals surface area contributed by atoms with Gasteiger partial charge in [0.2, 0.25) is 5.91 Å². The summed E-state index contributed by atoms with van der Waals surface area (Å²) in [6, 6.07) is 7.99. The van der Waals surface area contributed by atoms with Crippen LogP contribution in [0.2, 0.25) is 0 Å². The molecule has 24 heavy (non-hydrogen) atoms. The smallest absolute Gasteiger partial charge is 0.380 e. The molecule has 5 nitrogen and oxygen atoms in total. The number of imidazole rings is 1. The molecule has 1 amide bonds. The average Bonchev–Trinajstić information content (AvgIpc) is 3.14. The van der Waals surface area contributed by atoms with Crippen molar-refractivity contribution in [3.63, 3.8) is 0 Å². The molecule has 3 rings (SSSR count). The largest absolute Gasteiger partial charge is 0.406 e. The molecule has 128 valence electrons. The number of likely N-dealkylation sites (tertiary alicyclic amines) is 1. The lowest BCUT2D eigenvalue weighted by Crippen LogP contribution is -2.36. The maximum atomic E-state index is 12.5. The Morgan fingerprint density at radius 1 is 1.29 bits per heavy atom. The van der Waals surface area contributed by atoms with E-state index in [-0.39, 0.29) is 18.8 Å². The first kappa shape index (κ1) is 16.5. The summed E-state index contributed by atoms with van der Waals surface area (Å²) in [4.78, 5) is 17.2. The highest BCUT2D eigenvalue weighted by atomic mass is 19.4. The third-order valence-electron chi connectivity index (χ3n) is 4.03. The first-order valence-electron chi connectivity index (χ1n) is 7.48. The zero-order valence-electron chi connectivity index (χ0n) is 12.6. The number of hydrogen-bond acceptors (Lipinski definition) is 3. The minimum Gasteiger partial charge on any atom is -0.380 e. The molecule has 0 spiro atoms. The fraction of sp³-hybridized carbons (Fsp3) is 0.375. The standard InChI is InChI=1S/C16H16F3N3O2/c17-16(18,19)10-21-8-6-12(15(21)24)22-9-7-20-14(22)13(23)11-4-2-1-3-5-11/h1-5,7,9,12-13,23H,6,8,10H2. The number of aromatic nitrogens is 2. The number of rotatable bonds is 4. The van der Waals surface area contributed by atoms with E-state index in [0.717, 1.165) is 4.90 Å². The van der Waals surface area contributed by atoms with Crippen LogP contribution >= 0.6 is 0 Å². The highest BCUT2D eigenvalue weighted by molar-refractivity contribution is 5.82. The number of hydrogen-bond donors (Lipinski definition) is 1. The molecular weight excluding hydrogens is 323 g/mol. The predicted octanol–water partition coefficient (Wildman–Crippen LogP) is 2.30. The highest BCUT2D eigenvalue weighted by Crippen LogP contribution is 2.30. The summed E-state index contributed by atoms with van der Waals surface area (Å²) in [6.45, 7) is -1.23. The van der Waals surface area contributed by atoms with Crippen LogP contribution < -0.4 is 0 Å². The SMILES string of the molecule is O=C1C(n2ccnc2C(O)c2ccccc2)CCN1CC(F)(F)F. The van der Waals surface area contributed by atoms with Gasteiger partial charge in [-0.15, -0.1) is 0 Å². The summed E-state index contributed by atoms with van der Waals surface area (Å²) in [5.74, 6) is -0.361. The Bertz CT molecular complexity index is 715. The average molecular weight is 339 g/mol. The maximum Gasteiger partial charge on any atom is 0.406 e. The van der Waals surface area contributed by atoms with E-state index in [4.69, 9.17) is 0 Å². The van der Waals surface area contributed by atoms with Crippen molar-refractivity contribution in [1.82, 2.24) is 14.5 Å². The van der Waals surface area contributed by atoms with Gasteiger partial charge in [-0.05, 0) is 12.0 Å². The van der Waals surface area contributed by atoms with Crippen LogP contribution in [-0.4, -0.2) is 44.7 Å². The summed E-state index contributed by atoms with van der Waals surface area (Å²) in [5, 5.41) is 10.5. The lowest BCUT2D eigenvalue weighted by molar-refractivity contribution is -0.158. The fourth-order valence-corrected chi connectivity index (χ4v) is 2.94. The molecule has 1 fully saturated rings. The van der Waals surface area contributed by atoms with Crippen LogP contribution in [0, 0.1) is 0 Å². The minimum atomic E-state index is -4.42. The number of carbonyl (C=O) groups is 1. The zero-order valence-corrected chi connectivity index (χ0v) is 12.6. The Hall–Kier alpha value is -2.35. The van der Waals surface area contributed by atoms with Crippen LogP contribution in [0.3, 0.4) is 0 Å². The van der Waals surface area contributed by atoms with Crippen molar-refractivity contribution in [3.05, 3.63) is 54.1 Å². The molecule has 0 saturated carbocycles. The molecule has 2 aromatic rings. The molecule has 1 saturated heterocycles. The first-order valence-corrected chi connectivity index (χ1v) is 7.48. The molecule has 0 aliphatic carbocycles. The molecule has 8 heteroatoms. The molecule has 1 aromatic heterocycles. The molecule has 1 aromatic carbocycles. The van der Waals surface area contributed by atoms with Gasteiger partial charge in [-0.1, -0.05) is 30.3 Å². The van der Waals surface area contributed by atoms with Gasteiger partial charge in [0.05, 0.1) is 0 Å². The number of halogens is 3. The van der Waals surface area contributed by atoms with E-state index in [0.29, 0.717) is 5.56 Å². The van der Waals surface area contributed by atoms with Gasteiger partial charge in [-0.25, -0.2) is 4.98 Å². The monoisotopic (exact) mass is 339 g/mol. The van der Waals surface area contributed by atoms with E-state index in [2.05, 4.69) is 4.98 Å². The number of benzene rings is 1. The second kappa shape index (κ2) is 6.27. The quantitative estimate of drug-likeness (QED) is 0.930. The number of carbonyl (C=O) groups excluding carboxylic acids is 1. The summed E-state index contributed by atoms with van der Waals surface area (Å²) in [6.07, 6.45) is -2.28. The van der Waals surface area contributed by atoms with Gasteiger partial charge in [0.25, 0.3) is 0 Å². The van der Waals surface area contributed by atoms with Gasteiger partial charge in [0.15, 0.2) is 0 Å². The Balaban J connectivity index is 1.82. The highest BCUT2D eigenvalue weighted by Gasteiger charge is 2.40. The van der Waals surface area contributed by atoms with Gasteiger partial charge in [-0.3, -0.25) is 4.79 Å². The number of aliphatic hydroxyl groups is 1. The number of nitrogens with zero attached hydrogens (tertiary/aromatic N) is 3. The van der Waals surface area contributed by atoms with Crippen molar-refractivity contribution in [3.8, 4) is 0 Å². The van der Waals surface area contributed by atoms with Gasteiger partial charge in [-0.2, -0.15) is 13.2 Å². The summed E-state index contributed by atoms with van der Waals surface area (Å²) in [7, 11) is 0. The number of alkyl halides is 3. The molecule has 0 bridgehead atoms. The van der Waals surface area contributed by atoms with Crippen molar-refractivity contribution in [2.45, 2.75) is 24.7 Å². The lowest BCUT2D eigenvalue weighted by Gasteiger charge is -2.20. The predicted molar refractivity (Wildman–Crippen MR) is 79.0 cm³/mol. The van der Waals surface area contributed by atoms with Crippen LogP contribution in [0.4, 0.5) is 13.2 Å². The molecule has 2 atom stereocenters. The number of aliphatic hydroxyl groups excluding tert-OH is 1. The lowest BCUT2D eigenvalue weighted by atomic mass is 10.1. The summed E-state index contributed by atoms with van der Waals surface area (Å²) < 4.78 is 39.0. The van der Waals surface area contributed by atoms with E-state index >= 15 is 0 Å². The van der Waals surface area contributed by atoms with Crippen molar-refractivity contribution in [1.29, 1.82) is 0 Å². The van der Waals surface area contributed by atoms with Crippen LogP contribution in [0.5, 0.6) is 0 Å². The van der Waals surface area contributed by atoms with Crippen molar-refractivity contribution in [2.24, 2.45) is 0 Å². The normalized spacial score (nSPS) is 19.8. The Morgan fingerprint density at radius 2 is 2.00 bits per heavy atom. The Labute approximate surface area is 136 Å². The molecule has 1 aliphatic heterocycles. The van der Waals surface area contributed by atoms with Crippen LogP contribution in [-0.2, 0) is 4.79 Å². The van der Waals surface area contributed by atoms with Crippen molar-refractivity contribution < 1.29 is 23.1 Å². The van der Waals surface area contributed by atoms with Gasteiger partial charge >= 0.3 is 6.18 Å². The minimum absolute atomic E-state index is 0.0298. The molecule has 0 radical (unpaired) electrons. The van der Waals surface area contributed by atoms with E-state index in [1.165, 1.54) is 17.0 Å². The zero-order chi connectivity index (χ0) is 17.3. The van der Waals surface area contributed by atoms with Crippen LogP contribution in [0.15, 0.2) is 42.7 Å². The Kier molecular flexibility index (Phi) is 4.31. The fourth-order valence-electron chi connectivity index (χ4n) is 2.94. The van der Waals surface area contributed by atoms with E-state index in [1.807, 2.05) is 0 Å². The third-order valence-corrected chi connectivity index (χ3v) is 4.03.